The lowest BCUT2D eigenvalue weighted by Crippen LogP contribution is -2.42. The van der Waals surface area contributed by atoms with Gasteiger partial charge in [-0.1, -0.05) is 13.8 Å². The molecule has 1 unspecified atom stereocenters. The van der Waals surface area contributed by atoms with E-state index < -0.39 is 76.8 Å². The maximum atomic E-state index is 13.8. The number of carbonyl (C=O) groups excluding carboxylic acids is 2. The smallest absolute Gasteiger partial charge is 0.460 e. The van der Waals surface area contributed by atoms with E-state index in [1.54, 1.807) is 4.90 Å². The average Bonchev–Trinajstić information content (AvgIpc) is 3.02. The molecule has 1 amide bonds. The van der Waals surface area contributed by atoms with Gasteiger partial charge in [0, 0.05) is 56.6 Å². The first-order chi connectivity index (χ1) is 17.3. The molecule has 3 rings (SSSR count). The molecule has 8 nitrogen and oxygen atoms in total. The van der Waals surface area contributed by atoms with Gasteiger partial charge in [0.2, 0.25) is 5.43 Å². The van der Waals surface area contributed by atoms with Crippen molar-refractivity contribution in [3.05, 3.63) is 62.8 Å². The molecule has 1 fully saturated rings. The van der Waals surface area contributed by atoms with Gasteiger partial charge in [-0.05, 0) is 7.05 Å². The molecule has 0 saturated carbocycles. The van der Waals surface area contributed by atoms with Crippen LogP contribution < -0.4 is 10.7 Å². The number of rotatable bonds is 5. The van der Waals surface area contributed by atoms with Crippen LogP contribution in [-0.2, 0) is 6.54 Å². The molecule has 1 saturated heterocycles. The van der Waals surface area contributed by atoms with Gasteiger partial charge >= 0.3 is 6.30 Å². The van der Waals surface area contributed by atoms with E-state index in [9.17, 15) is 45.8 Å². The zero-order valence-electron chi connectivity index (χ0n) is 20.2. The summed E-state index contributed by atoms with van der Waals surface area (Å²) in [4.78, 5) is 38.5. The average molecular weight is 536 g/mol. The Kier molecular flexibility index (Phi) is 9.87. The minimum atomic E-state index is -4.70. The predicted octanol–water partition coefficient (Wildman–Crippen LogP) is 3.05. The standard InChI is InChI=1S/C21H20F6N4O4.C2H6/c1-29-2-3-30(21(25,26)27)8-12(7-29)31-9-14(18(33)19(34)17(31)10-32)20(35)28-6-13-15(23)4-11(22)5-16(13)24;1-2/h4-5,9-10,12,34H,2-3,6-8H2,1H3,(H,28,35);1-2H3. The first-order valence-corrected chi connectivity index (χ1v) is 11.2. The fraction of sp³-hybridized carbons (Fsp3) is 0.435. The van der Waals surface area contributed by atoms with Crippen LogP contribution in [0.4, 0.5) is 26.3 Å². The van der Waals surface area contributed by atoms with Crippen LogP contribution in [0, 0.1) is 17.5 Å². The van der Waals surface area contributed by atoms with Crippen LogP contribution in [0.25, 0.3) is 0 Å². The highest BCUT2D eigenvalue weighted by Crippen LogP contribution is 2.27. The summed E-state index contributed by atoms with van der Waals surface area (Å²) in [6, 6.07) is -0.344. The highest BCUT2D eigenvalue weighted by Gasteiger charge is 2.40. The molecule has 1 aliphatic rings. The van der Waals surface area contributed by atoms with Gasteiger partial charge in [0.05, 0.1) is 6.04 Å². The second-order valence-electron chi connectivity index (χ2n) is 7.99. The van der Waals surface area contributed by atoms with Crippen molar-refractivity contribution in [2.75, 3.05) is 33.2 Å². The Hall–Kier alpha value is -3.39. The van der Waals surface area contributed by atoms with E-state index in [1.165, 1.54) is 7.05 Å². The van der Waals surface area contributed by atoms with Crippen LogP contribution in [-0.4, -0.2) is 71.2 Å². The van der Waals surface area contributed by atoms with Crippen LogP contribution in [0.5, 0.6) is 5.75 Å². The Bertz CT molecular complexity index is 1180. The number of likely N-dealkylation sites (N-methyl/N-ethyl adjacent to an activating group) is 1. The summed E-state index contributed by atoms with van der Waals surface area (Å²) in [6.45, 7) is 2.18. The van der Waals surface area contributed by atoms with E-state index in [0.29, 0.717) is 12.1 Å². The molecule has 1 aromatic carbocycles. The number of nitrogens with zero attached hydrogens (tertiary/aromatic N) is 3. The van der Waals surface area contributed by atoms with E-state index in [-0.39, 0.29) is 30.8 Å². The predicted molar refractivity (Wildman–Crippen MR) is 121 cm³/mol. The van der Waals surface area contributed by atoms with Gasteiger partial charge < -0.3 is 19.9 Å². The zero-order chi connectivity index (χ0) is 28.1. The molecule has 37 heavy (non-hydrogen) atoms. The van der Waals surface area contributed by atoms with Crippen LogP contribution in [0.3, 0.4) is 0 Å². The second-order valence-corrected chi connectivity index (χ2v) is 7.99. The first-order valence-electron chi connectivity index (χ1n) is 11.2. The van der Waals surface area contributed by atoms with Crippen molar-refractivity contribution < 1.29 is 41.0 Å². The van der Waals surface area contributed by atoms with E-state index in [0.717, 1.165) is 10.8 Å². The van der Waals surface area contributed by atoms with Crippen molar-refractivity contribution in [2.45, 2.75) is 32.7 Å². The third-order valence-corrected chi connectivity index (χ3v) is 5.59. The summed E-state index contributed by atoms with van der Waals surface area (Å²) in [6.07, 6.45) is -3.81. The number of alkyl halides is 3. The van der Waals surface area contributed by atoms with Gasteiger partial charge in [0.15, 0.2) is 12.0 Å². The molecule has 1 aromatic heterocycles. The minimum absolute atomic E-state index is 0.0250. The third-order valence-electron chi connectivity index (χ3n) is 5.59. The van der Waals surface area contributed by atoms with E-state index in [4.69, 9.17) is 0 Å². The summed E-state index contributed by atoms with van der Waals surface area (Å²) >= 11 is 0. The van der Waals surface area contributed by atoms with Gasteiger partial charge in [-0.2, -0.15) is 13.2 Å². The number of carbonyl (C=O) groups is 2. The molecule has 204 valence electrons. The lowest BCUT2D eigenvalue weighted by molar-refractivity contribution is -0.245. The number of benzene rings is 1. The number of aromatic hydroxyl groups is 1. The molecule has 2 N–H and O–H groups in total. The molecule has 0 aliphatic carbocycles. The number of halogens is 6. The number of hydrogen-bond acceptors (Lipinski definition) is 6. The number of aromatic nitrogens is 1. The number of pyridine rings is 1. The minimum Gasteiger partial charge on any atom is -0.503 e. The molecule has 1 atom stereocenters. The van der Waals surface area contributed by atoms with Gasteiger partial charge in [-0.15, -0.1) is 0 Å². The van der Waals surface area contributed by atoms with Gasteiger partial charge in [-0.25, -0.2) is 18.1 Å². The molecular weight excluding hydrogens is 510 g/mol. The summed E-state index contributed by atoms with van der Waals surface area (Å²) in [5.41, 5.74) is -3.43. The highest BCUT2D eigenvalue weighted by atomic mass is 19.4. The Balaban J connectivity index is 0.00000235. The molecular formula is C23H26F6N4O4. The SMILES string of the molecule is CC.CN1CCN(C(F)(F)F)CC(n2cc(C(=O)NCc3c(F)cc(F)cc3F)c(=O)c(O)c2C=O)C1. The van der Waals surface area contributed by atoms with Crippen LogP contribution in [0.2, 0.25) is 0 Å². The molecule has 0 spiro atoms. The molecule has 2 aromatic rings. The fourth-order valence-electron chi connectivity index (χ4n) is 3.77. The summed E-state index contributed by atoms with van der Waals surface area (Å²) in [5, 5.41) is 12.3. The van der Waals surface area contributed by atoms with Crippen LogP contribution in [0.1, 0.15) is 46.3 Å². The maximum Gasteiger partial charge on any atom is 0.460 e. The van der Waals surface area contributed by atoms with Crippen LogP contribution in [0.15, 0.2) is 23.1 Å². The number of aldehydes is 1. The van der Waals surface area contributed by atoms with Crippen molar-refractivity contribution in [3.8, 4) is 5.75 Å². The van der Waals surface area contributed by atoms with Crippen molar-refractivity contribution in [1.82, 2.24) is 19.7 Å². The number of nitrogens with one attached hydrogen (secondary N) is 1. The fourth-order valence-corrected chi connectivity index (χ4v) is 3.77. The molecule has 0 radical (unpaired) electrons. The summed E-state index contributed by atoms with van der Waals surface area (Å²) in [7, 11) is 1.54. The molecule has 2 heterocycles. The molecule has 14 heteroatoms. The van der Waals surface area contributed by atoms with Crippen molar-refractivity contribution in [3.63, 3.8) is 0 Å². The first kappa shape index (κ1) is 29.8. The largest absolute Gasteiger partial charge is 0.503 e. The highest BCUT2D eigenvalue weighted by molar-refractivity contribution is 5.95. The quantitative estimate of drug-likeness (QED) is 0.347. The maximum absolute atomic E-state index is 13.8. The van der Waals surface area contributed by atoms with E-state index in [1.807, 2.05) is 13.8 Å². The van der Waals surface area contributed by atoms with Crippen LogP contribution >= 0.6 is 0 Å². The topological polar surface area (TPSA) is 94.9 Å². The normalized spacial score (nSPS) is 16.9. The van der Waals surface area contributed by atoms with Gasteiger partial charge in [0.1, 0.15) is 28.7 Å². The Morgan fingerprint density at radius 2 is 1.73 bits per heavy atom. The van der Waals surface area contributed by atoms with Crippen molar-refractivity contribution in [2.24, 2.45) is 0 Å². The monoisotopic (exact) mass is 536 g/mol. The lowest BCUT2D eigenvalue weighted by Gasteiger charge is -2.28. The summed E-state index contributed by atoms with van der Waals surface area (Å²) < 4.78 is 81.9. The Labute approximate surface area is 208 Å². The number of amides is 1. The van der Waals surface area contributed by atoms with Crippen molar-refractivity contribution >= 4 is 12.2 Å². The Morgan fingerprint density at radius 1 is 1.14 bits per heavy atom. The van der Waals surface area contributed by atoms with Gasteiger partial charge in [-0.3, -0.25) is 14.4 Å². The molecule has 1 aliphatic heterocycles. The zero-order valence-corrected chi connectivity index (χ0v) is 20.2. The van der Waals surface area contributed by atoms with Gasteiger partial charge in [0.25, 0.3) is 5.91 Å². The summed E-state index contributed by atoms with van der Waals surface area (Å²) in [5.74, 6) is -6.18. The second kappa shape index (κ2) is 12.2. The van der Waals surface area contributed by atoms with E-state index >= 15 is 0 Å². The third kappa shape index (κ3) is 6.89. The van der Waals surface area contributed by atoms with Crippen molar-refractivity contribution in [1.29, 1.82) is 0 Å². The number of hydrogen-bond donors (Lipinski definition) is 2. The van der Waals surface area contributed by atoms with E-state index in [2.05, 4.69) is 5.32 Å². The molecule has 0 bridgehead atoms. The lowest BCUT2D eigenvalue weighted by atomic mass is 10.1. The Morgan fingerprint density at radius 3 is 2.27 bits per heavy atom.